The van der Waals surface area contributed by atoms with E-state index in [1.54, 1.807) is 12.4 Å². The van der Waals surface area contributed by atoms with Gasteiger partial charge in [0.2, 0.25) is 0 Å². The van der Waals surface area contributed by atoms with Gasteiger partial charge in [-0.3, -0.25) is 9.78 Å². The quantitative estimate of drug-likeness (QED) is 0.723. The van der Waals surface area contributed by atoms with E-state index < -0.39 is 0 Å². The SMILES string of the molecule is CC1CCN(c2ccc(NC(=O)c3cncc(NC4CCCCC4)c3)cc2)CC1. The van der Waals surface area contributed by atoms with Crippen LogP contribution in [0.4, 0.5) is 17.1 Å². The summed E-state index contributed by atoms with van der Waals surface area (Å²) in [6.07, 6.45) is 12.2. The summed E-state index contributed by atoms with van der Waals surface area (Å²) in [7, 11) is 0. The molecule has 1 aliphatic carbocycles. The molecule has 0 radical (unpaired) electrons. The van der Waals surface area contributed by atoms with Crippen molar-refractivity contribution in [3.05, 3.63) is 48.3 Å². The van der Waals surface area contributed by atoms with Gasteiger partial charge in [0.15, 0.2) is 0 Å². The number of benzene rings is 1. The van der Waals surface area contributed by atoms with Crippen LogP contribution in [-0.4, -0.2) is 30.0 Å². The van der Waals surface area contributed by atoms with Gasteiger partial charge in [0.25, 0.3) is 5.91 Å². The van der Waals surface area contributed by atoms with Crippen molar-refractivity contribution < 1.29 is 4.79 Å². The van der Waals surface area contributed by atoms with Crippen molar-refractivity contribution in [2.45, 2.75) is 57.9 Å². The molecule has 2 fully saturated rings. The molecule has 2 heterocycles. The first-order chi connectivity index (χ1) is 14.2. The number of carbonyl (C=O) groups is 1. The second kappa shape index (κ2) is 9.29. The Bertz CT molecular complexity index is 806. The Morgan fingerprint density at radius 1 is 0.966 bits per heavy atom. The minimum Gasteiger partial charge on any atom is -0.381 e. The number of piperidine rings is 1. The van der Waals surface area contributed by atoms with E-state index in [1.807, 2.05) is 18.2 Å². The van der Waals surface area contributed by atoms with E-state index in [-0.39, 0.29) is 5.91 Å². The zero-order valence-electron chi connectivity index (χ0n) is 17.4. The summed E-state index contributed by atoms with van der Waals surface area (Å²) in [5.41, 5.74) is 3.56. The Labute approximate surface area is 173 Å². The smallest absolute Gasteiger partial charge is 0.257 e. The van der Waals surface area contributed by atoms with Crippen LogP contribution < -0.4 is 15.5 Å². The molecule has 2 N–H and O–H groups in total. The molecule has 1 aromatic heterocycles. The molecule has 2 aromatic rings. The highest BCUT2D eigenvalue weighted by Crippen LogP contribution is 2.25. The number of amides is 1. The van der Waals surface area contributed by atoms with Crippen molar-refractivity contribution in [1.29, 1.82) is 0 Å². The standard InChI is InChI=1S/C24H32N4O/c1-18-11-13-28(14-12-18)23-9-7-21(8-10-23)27-24(29)19-15-22(17-25-16-19)26-20-5-3-2-4-6-20/h7-10,15-18,20,26H,2-6,11-14H2,1H3,(H,27,29). The fourth-order valence-electron chi connectivity index (χ4n) is 4.35. The number of anilines is 3. The first-order valence-electron chi connectivity index (χ1n) is 11.1. The maximum atomic E-state index is 12.7. The van der Waals surface area contributed by atoms with Crippen LogP contribution in [0.2, 0.25) is 0 Å². The number of rotatable bonds is 5. The van der Waals surface area contributed by atoms with E-state index in [9.17, 15) is 4.79 Å². The number of carbonyl (C=O) groups excluding carboxylic acids is 1. The monoisotopic (exact) mass is 392 g/mol. The average molecular weight is 393 g/mol. The van der Waals surface area contributed by atoms with Crippen LogP contribution in [0, 0.1) is 5.92 Å². The molecule has 1 amide bonds. The highest BCUT2D eigenvalue weighted by Gasteiger charge is 2.17. The Morgan fingerprint density at radius 3 is 2.41 bits per heavy atom. The van der Waals surface area contributed by atoms with Gasteiger partial charge in [0, 0.05) is 42.9 Å². The van der Waals surface area contributed by atoms with E-state index in [0.29, 0.717) is 11.6 Å². The third kappa shape index (κ3) is 5.28. The molecule has 5 nitrogen and oxygen atoms in total. The molecule has 29 heavy (non-hydrogen) atoms. The second-order valence-electron chi connectivity index (χ2n) is 8.61. The summed E-state index contributed by atoms with van der Waals surface area (Å²) in [5, 5.41) is 6.54. The molecule has 5 heteroatoms. The van der Waals surface area contributed by atoms with E-state index >= 15 is 0 Å². The van der Waals surface area contributed by atoms with Crippen LogP contribution in [0.1, 0.15) is 62.2 Å². The van der Waals surface area contributed by atoms with Gasteiger partial charge in [0.05, 0.1) is 11.3 Å². The minimum atomic E-state index is -0.121. The van der Waals surface area contributed by atoms with Gasteiger partial charge in [-0.1, -0.05) is 26.2 Å². The van der Waals surface area contributed by atoms with Crippen LogP contribution in [0.3, 0.4) is 0 Å². The summed E-state index contributed by atoms with van der Waals surface area (Å²) in [6.45, 7) is 4.54. The number of hydrogen-bond donors (Lipinski definition) is 2. The Kier molecular flexibility index (Phi) is 6.33. The summed E-state index contributed by atoms with van der Waals surface area (Å²) in [6, 6.07) is 10.6. The second-order valence-corrected chi connectivity index (χ2v) is 8.61. The van der Waals surface area contributed by atoms with Gasteiger partial charge in [-0.2, -0.15) is 0 Å². The van der Waals surface area contributed by atoms with Crippen LogP contribution in [0.15, 0.2) is 42.7 Å². The number of hydrogen-bond acceptors (Lipinski definition) is 4. The van der Waals surface area contributed by atoms with Crippen molar-refractivity contribution in [1.82, 2.24) is 4.98 Å². The van der Waals surface area contributed by atoms with Crippen molar-refractivity contribution in [2.24, 2.45) is 5.92 Å². The van der Waals surface area contributed by atoms with Gasteiger partial charge in [-0.15, -0.1) is 0 Å². The summed E-state index contributed by atoms with van der Waals surface area (Å²) >= 11 is 0. The van der Waals surface area contributed by atoms with Crippen molar-refractivity contribution in [3.63, 3.8) is 0 Å². The first kappa shape index (κ1) is 19.7. The van der Waals surface area contributed by atoms with Gasteiger partial charge in [0.1, 0.15) is 0 Å². The number of nitrogens with zero attached hydrogens (tertiary/aromatic N) is 2. The molecule has 0 atom stereocenters. The molecule has 154 valence electrons. The molecule has 0 bridgehead atoms. The molecular formula is C24H32N4O. The molecule has 1 aromatic carbocycles. The molecular weight excluding hydrogens is 360 g/mol. The summed E-state index contributed by atoms with van der Waals surface area (Å²) in [4.78, 5) is 19.4. The van der Waals surface area contributed by atoms with Crippen LogP contribution in [0.25, 0.3) is 0 Å². The average Bonchev–Trinajstić information content (AvgIpc) is 2.76. The van der Waals surface area contributed by atoms with Crippen molar-refractivity contribution in [2.75, 3.05) is 28.6 Å². The van der Waals surface area contributed by atoms with Gasteiger partial charge >= 0.3 is 0 Å². The van der Waals surface area contributed by atoms with E-state index in [1.165, 1.54) is 50.6 Å². The topological polar surface area (TPSA) is 57.3 Å². The zero-order chi connectivity index (χ0) is 20.1. The largest absolute Gasteiger partial charge is 0.381 e. The lowest BCUT2D eigenvalue weighted by Gasteiger charge is -2.32. The van der Waals surface area contributed by atoms with E-state index in [4.69, 9.17) is 0 Å². The minimum absolute atomic E-state index is 0.121. The Balaban J connectivity index is 1.35. The van der Waals surface area contributed by atoms with Crippen LogP contribution >= 0.6 is 0 Å². The van der Waals surface area contributed by atoms with Crippen LogP contribution in [-0.2, 0) is 0 Å². The predicted octanol–water partition coefficient (Wildman–Crippen LogP) is 5.31. The number of pyridine rings is 1. The molecule has 1 saturated carbocycles. The number of nitrogens with one attached hydrogen (secondary N) is 2. The van der Waals surface area contributed by atoms with Gasteiger partial charge in [-0.05, 0) is 61.9 Å². The summed E-state index contributed by atoms with van der Waals surface area (Å²) < 4.78 is 0. The maximum Gasteiger partial charge on any atom is 0.257 e. The first-order valence-corrected chi connectivity index (χ1v) is 11.1. The predicted molar refractivity (Wildman–Crippen MR) is 120 cm³/mol. The van der Waals surface area contributed by atoms with Gasteiger partial charge in [-0.25, -0.2) is 0 Å². The lowest BCUT2D eigenvalue weighted by Crippen LogP contribution is -2.32. The summed E-state index contributed by atoms with van der Waals surface area (Å²) in [5.74, 6) is 0.700. The highest BCUT2D eigenvalue weighted by molar-refractivity contribution is 6.04. The lowest BCUT2D eigenvalue weighted by atomic mass is 9.95. The molecule has 0 unspecified atom stereocenters. The Hall–Kier alpha value is -2.56. The third-order valence-corrected chi connectivity index (χ3v) is 6.25. The van der Waals surface area contributed by atoms with E-state index in [2.05, 4.69) is 39.6 Å². The molecule has 0 spiro atoms. The fourth-order valence-corrected chi connectivity index (χ4v) is 4.35. The maximum absolute atomic E-state index is 12.7. The normalized spacial score (nSPS) is 18.4. The molecule has 2 aliphatic rings. The van der Waals surface area contributed by atoms with Crippen molar-refractivity contribution >= 4 is 23.0 Å². The van der Waals surface area contributed by atoms with Crippen molar-refractivity contribution in [3.8, 4) is 0 Å². The zero-order valence-corrected chi connectivity index (χ0v) is 17.4. The molecule has 4 rings (SSSR count). The van der Waals surface area contributed by atoms with Crippen LogP contribution in [0.5, 0.6) is 0 Å². The third-order valence-electron chi connectivity index (χ3n) is 6.25. The molecule has 1 aliphatic heterocycles. The Morgan fingerprint density at radius 2 is 1.69 bits per heavy atom. The fraction of sp³-hybridized carbons (Fsp3) is 0.500. The highest BCUT2D eigenvalue weighted by atomic mass is 16.1. The van der Waals surface area contributed by atoms with Gasteiger partial charge < -0.3 is 15.5 Å². The number of aromatic nitrogens is 1. The lowest BCUT2D eigenvalue weighted by molar-refractivity contribution is 0.102. The van der Waals surface area contributed by atoms with E-state index in [0.717, 1.165) is 30.4 Å². The molecule has 1 saturated heterocycles.